The first-order valence-electron chi connectivity index (χ1n) is 4.88. The van der Waals surface area contributed by atoms with Gasteiger partial charge in [-0.1, -0.05) is 24.6 Å². The van der Waals surface area contributed by atoms with Gasteiger partial charge in [-0.05, 0) is 30.2 Å². The van der Waals surface area contributed by atoms with Crippen LogP contribution < -0.4 is 0 Å². The smallest absolute Gasteiger partial charge is 0.166 e. The number of alkyl halides is 3. The fourth-order valence-corrected chi connectivity index (χ4v) is 1.77. The Bertz CT molecular complexity index is 382. The first kappa shape index (κ1) is 13.1. The molecular weight excluding hydrogens is 237 g/mol. The van der Waals surface area contributed by atoms with Gasteiger partial charge in [-0.3, -0.25) is 0 Å². The van der Waals surface area contributed by atoms with E-state index in [-0.39, 0.29) is 10.9 Å². The maximum absolute atomic E-state index is 12.5. The van der Waals surface area contributed by atoms with E-state index >= 15 is 0 Å². The van der Waals surface area contributed by atoms with Crippen molar-refractivity contribution in [1.29, 1.82) is 0 Å². The molecule has 16 heavy (non-hydrogen) atoms. The van der Waals surface area contributed by atoms with Crippen LogP contribution in [0.5, 0.6) is 0 Å². The van der Waals surface area contributed by atoms with Crippen molar-refractivity contribution in [2.24, 2.45) is 0 Å². The molecule has 1 rings (SSSR count). The van der Waals surface area contributed by atoms with E-state index in [0.717, 1.165) is 12.1 Å². The van der Waals surface area contributed by atoms with E-state index in [4.69, 9.17) is 11.6 Å². The third-order valence-corrected chi connectivity index (χ3v) is 2.62. The van der Waals surface area contributed by atoms with E-state index in [2.05, 4.69) is 6.58 Å². The predicted molar refractivity (Wildman–Crippen MR) is 59.7 cm³/mol. The lowest BCUT2D eigenvalue weighted by Crippen LogP contribution is -2.06. The van der Waals surface area contributed by atoms with Crippen molar-refractivity contribution >= 4 is 11.6 Å². The monoisotopic (exact) mass is 248 g/mol. The van der Waals surface area contributed by atoms with Crippen LogP contribution in [0.2, 0.25) is 5.02 Å². The highest BCUT2D eigenvalue weighted by molar-refractivity contribution is 6.30. The van der Waals surface area contributed by atoms with E-state index < -0.39 is 11.7 Å². The maximum Gasteiger partial charge on any atom is 0.416 e. The standard InChI is InChI=1S/C12H12ClF3/c1-3-8(4-2)9-5-10(12(14,15)16)7-11(13)6-9/h3,5-8H,1,4H2,2H3/t8-/m0/s1. The minimum Gasteiger partial charge on any atom is -0.166 e. The van der Waals surface area contributed by atoms with Gasteiger partial charge in [0.05, 0.1) is 5.56 Å². The van der Waals surface area contributed by atoms with E-state index in [9.17, 15) is 13.2 Å². The molecule has 0 spiro atoms. The second-order valence-corrected chi connectivity index (χ2v) is 3.96. The minimum atomic E-state index is -4.36. The average Bonchev–Trinajstić information content (AvgIpc) is 2.17. The highest BCUT2D eigenvalue weighted by atomic mass is 35.5. The zero-order valence-corrected chi connectivity index (χ0v) is 9.57. The van der Waals surface area contributed by atoms with Crippen molar-refractivity contribution < 1.29 is 13.2 Å². The third kappa shape index (κ3) is 3.01. The Morgan fingerprint density at radius 1 is 1.38 bits per heavy atom. The first-order valence-corrected chi connectivity index (χ1v) is 5.26. The average molecular weight is 249 g/mol. The van der Waals surface area contributed by atoms with Gasteiger partial charge < -0.3 is 0 Å². The van der Waals surface area contributed by atoms with Crippen LogP contribution in [0, 0.1) is 0 Å². The predicted octanol–water partition coefficient (Wildman–Crippen LogP) is 5.04. The Morgan fingerprint density at radius 3 is 2.44 bits per heavy atom. The number of hydrogen-bond acceptors (Lipinski definition) is 0. The van der Waals surface area contributed by atoms with Gasteiger partial charge in [0.1, 0.15) is 0 Å². The summed E-state index contributed by atoms with van der Waals surface area (Å²) in [6.45, 7) is 5.49. The van der Waals surface area contributed by atoms with Crippen molar-refractivity contribution in [2.75, 3.05) is 0 Å². The number of halogens is 4. The summed E-state index contributed by atoms with van der Waals surface area (Å²) in [4.78, 5) is 0. The van der Waals surface area contributed by atoms with E-state index in [1.54, 1.807) is 12.1 Å². The molecule has 0 radical (unpaired) electrons. The fraction of sp³-hybridized carbons (Fsp3) is 0.333. The lowest BCUT2D eigenvalue weighted by molar-refractivity contribution is -0.137. The first-order chi connectivity index (χ1) is 7.38. The molecule has 0 nitrogen and oxygen atoms in total. The van der Waals surface area contributed by atoms with Gasteiger partial charge in [-0.2, -0.15) is 13.2 Å². The Balaban J connectivity index is 3.22. The normalized spacial score (nSPS) is 13.6. The molecule has 0 aliphatic rings. The lowest BCUT2D eigenvalue weighted by atomic mass is 9.95. The summed E-state index contributed by atoms with van der Waals surface area (Å²) in [6.07, 6.45) is -2.04. The van der Waals surface area contributed by atoms with E-state index in [1.807, 2.05) is 6.92 Å². The molecule has 0 aromatic heterocycles. The third-order valence-electron chi connectivity index (χ3n) is 2.40. The Kier molecular flexibility index (Phi) is 4.03. The summed E-state index contributed by atoms with van der Waals surface area (Å²) in [6, 6.07) is 3.61. The molecule has 4 heteroatoms. The Hall–Kier alpha value is -0.960. The van der Waals surface area contributed by atoms with Gasteiger partial charge in [0.25, 0.3) is 0 Å². The molecule has 0 saturated heterocycles. The summed E-state index contributed by atoms with van der Waals surface area (Å²) in [5, 5.41) is 0.102. The fourth-order valence-electron chi connectivity index (χ4n) is 1.53. The molecule has 0 N–H and O–H groups in total. The molecular formula is C12H12ClF3. The largest absolute Gasteiger partial charge is 0.416 e. The summed E-state index contributed by atoms with van der Waals surface area (Å²) in [5.74, 6) is -0.0974. The molecule has 0 unspecified atom stereocenters. The summed E-state index contributed by atoms with van der Waals surface area (Å²) >= 11 is 5.68. The van der Waals surface area contributed by atoms with Crippen molar-refractivity contribution in [1.82, 2.24) is 0 Å². The zero-order chi connectivity index (χ0) is 12.3. The Morgan fingerprint density at radius 2 is 2.00 bits per heavy atom. The molecule has 1 atom stereocenters. The summed E-state index contributed by atoms with van der Waals surface area (Å²) < 4.78 is 37.6. The molecule has 0 fully saturated rings. The molecule has 1 aromatic carbocycles. The van der Waals surface area contributed by atoms with Crippen molar-refractivity contribution in [3.8, 4) is 0 Å². The minimum absolute atomic E-state index is 0.0974. The van der Waals surface area contributed by atoms with Gasteiger partial charge in [-0.15, -0.1) is 6.58 Å². The van der Waals surface area contributed by atoms with Crippen LogP contribution in [-0.2, 0) is 6.18 Å². The summed E-state index contributed by atoms with van der Waals surface area (Å²) in [5.41, 5.74) is -0.160. The quantitative estimate of drug-likeness (QED) is 0.658. The van der Waals surface area contributed by atoms with Gasteiger partial charge in [0.2, 0.25) is 0 Å². The van der Waals surface area contributed by atoms with E-state index in [0.29, 0.717) is 12.0 Å². The second-order valence-electron chi connectivity index (χ2n) is 3.52. The Labute approximate surface area is 97.7 Å². The number of hydrogen-bond donors (Lipinski definition) is 0. The number of benzene rings is 1. The molecule has 0 saturated carbocycles. The van der Waals surface area contributed by atoms with Gasteiger partial charge in [0.15, 0.2) is 0 Å². The number of rotatable bonds is 3. The topological polar surface area (TPSA) is 0 Å². The summed E-state index contributed by atoms with van der Waals surface area (Å²) in [7, 11) is 0. The highest BCUT2D eigenvalue weighted by Crippen LogP contribution is 2.34. The van der Waals surface area contributed by atoms with Crippen LogP contribution in [-0.4, -0.2) is 0 Å². The van der Waals surface area contributed by atoms with Gasteiger partial charge in [0, 0.05) is 10.9 Å². The van der Waals surface area contributed by atoms with Crippen molar-refractivity contribution in [3.05, 3.63) is 47.0 Å². The van der Waals surface area contributed by atoms with E-state index in [1.165, 1.54) is 0 Å². The van der Waals surface area contributed by atoms with Crippen LogP contribution in [0.3, 0.4) is 0 Å². The van der Waals surface area contributed by atoms with Crippen LogP contribution >= 0.6 is 11.6 Å². The molecule has 0 heterocycles. The van der Waals surface area contributed by atoms with Gasteiger partial charge in [-0.25, -0.2) is 0 Å². The SMILES string of the molecule is C=C[C@@H](CC)c1cc(Cl)cc(C(F)(F)F)c1. The zero-order valence-electron chi connectivity index (χ0n) is 8.81. The molecule has 0 bridgehead atoms. The second kappa shape index (κ2) is 4.91. The molecule has 1 aromatic rings. The lowest BCUT2D eigenvalue weighted by Gasteiger charge is -2.14. The number of allylic oxidation sites excluding steroid dienone is 1. The highest BCUT2D eigenvalue weighted by Gasteiger charge is 2.31. The van der Waals surface area contributed by atoms with Crippen LogP contribution in [0.25, 0.3) is 0 Å². The van der Waals surface area contributed by atoms with Crippen LogP contribution in [0.4, 0.5) is 13.2 Å². The van der Waals surface area contributed by atoms with Gasteiger partial charge >= 0.3 is 6.18 Å². The van der Waals surface area contributed by atoms with Crippen LogP contribution in [0.15, 0.2) is 30.9 Å². The van der Waals surface area contributed by atoms with Crippen molar-refractivity contribution in [3.63, 3.8) is 0 Å². The van der Waals surface area contributed by atoms with Crippen molar-refractivity contribution in [2.45, 2.75) is 25.4 Å². The van der Waals surface area contributed by atoms with Crippen LogP contribution in [0.1, 0.15) is 30.4 Å². The maximum atomic E-state index is 12.5. The molecule has 0 amide bonds. The molecule has 0 aliphatic carbocycles. The molecule has 0 aliphatic heterocycles. The molecule has 88 valence electrons.